The molecule has 4 aromatic rings. The maximum absolute atomic E-state index is 12.2. The Kier molecular flexibility index (Phi) is 10.2. The number of aliphatic hydroxyl groups is 1. The van der Waals surface area contributed by atoms with Gasteiger partial charge in [-0.2, -0.15) is 0 Å². The van der Waals surface area contributed by atoms with E-state index in [1.807, 2.05) is 59.5 Å². The van der Waals surface area contributed by atoms with Crippen molar-refractivity contribution in [1.82, 2.24) is 4.98 Å². The number of hydrogen-bond donors (Lipinski definition) is 1. The summed E-state index contributed by atoms with van der Waals surface area (Å²) in [6.07, 6.45) is 6.76. The van der Waals surface area contributed by atoms with E-state index in [1.54, 1.807) is 5.19 Å². The van der Waals surface area contributed by atoms with Crippen molar-refractivity contribution in [3.8, 4) is 22.4 Å². The van der Waals surface area contributed by atoms with E-state index in [-0.39, 0.29) is 42.5 Å². The molecule has 3 aromatic carbocycles. The fourth-order valence-corrected chi connectivity index (χ4v) is 10.6. The molecule has 3 heterocycles. The minimum absolute atomic E-state index is 0. The van der Waals surface area contributed by atoms with Crippen molar-refractivity contribution in [2.24, 2.45) is 10.8 Å². The average Bonchev–Trinajstić information content (AvgIpc) is 3.17. The van der Waals surface area contributed by atoms with Crippen LogP contribution in [0.3, 0.4) is 0 Å². The third-order valence-electron chi connectivity index (χ3n) is 10.4. The number of aromatic nitrogens is 1. The molecule has 233 valence electrons. The average molecular weight is 799 g/mol. The van der Waals surface area contributed by atoms with Crippen LogP contribution in [0.1, 0.15) is 67.2 Å². The second-order valence-corrected chi connectivity index (χ2v) is 18.4. The normalized spacial score (nSPS) is 14.5. The SMILES string of the molecule is CCC(C)(CC)C(=O)/C=C(\O)C(C)(CC)CC.C[Si]1(C)c2cc[c-]c3c2-c2c(cccc21)Sc1c-3ncc2ccccc12.[Ir]. The second-order valence-electron chi connectivity index (χ2n) is 13.0. The van der Waals surface area contributed by atoms with E-state index in [0.717, 1.165) is 31.4 Å². The van der Waals surface area contributed by atoms with E-state index in [0.29, 0.717) is 0 Å². The molecule has 0 unspecified atom stereocenters. The van der Waals surface area contributed by atoms with Crippen LogP contribution in [-0.2, 0) is 24.9 Å². The minimum Gasteiger partial charge on any atom is -0.512 e. The summed E-state index contributed by atoms with van der Waals surface area (Å²) < 4.78 is 0. The first kappa shape index (κ1) is 34.4. The van der Waals surface area contributed by atoms with E-state index in [9.17, 15) is 9.90 Å². The maximum atomic E-state index is 12.2. The van der Waals surface area contributed by atoms with Gasteiger partial charge >= 0.3 is 0 Å². The Hall–Kier alpha value is -2.50. The quantitative estimate of drug-likeness (QED) is 0.0772. The van der Waals surface area contributed by atoms with Crippen molar-refractivity contribution in [3.63, 3.8) is 0 Å². The zero-order valence-electron chi connectivity index (χ0n) is 27.2. The van der Waals surface area contributed by atoms with Crippen molar-refractivity contribution in [2.75, 3.05) is 0 Å². The number of nitrogens with zero attached hydrogens (tertiary/aromatic N) is 1. The summed E-state index contributed by atoms with van der Waals surface area (Å²) in [5, 5.41) is 15.7. The first-order valence-corrected chi connectivity index (χ1v) is 19.5. The van der Waals surface area contributed by atoms with Gasteiger partial charge in [0, 0.05) is 58.7 Å². The molecule has 0 bridgehead atoms. The molecule has 1 aromatic heterocycles. The fourth-order valence-electron chi connectivity index (χ4n) is 6.22. The molecule has 0 saturated heterocycles. The van der Waals surface area contributed by atoms with E-state index in [1.165, 1.54) is 48.5 Å². The number of carbonyl (C=O) groups excluding carboxylic acids is 1. The Labute approximate surface area is 282 Å². The summed E-state index contributed by atoms with van der Waals surface area (Å²) in [7, 11) is -1.66. The summed E-state index contributed by atoms with van der Waals surface area (Å²) in [5.41, 5.74) is 4.50. The van der Waals surface area contributed by atoms with Crippen LogP contribution in [0.15, 0.2) is 82.4 Å². The number of allylic oxidation sites excluding steroid dienone is 2. The molecule has 3 nitrogen and oxygen atoms in total. The van der Waals surface area contributed by atoms with Crippen LogP contribution >= 0.6 is 11.8 Å². The zero-order valence-corrected chi connectivity index (χ0v) is 31.4. The molecule has 0 amide bonds. The van der Waals surface area contributed by atoms with E-state index in [4.69, 9.17) is 4.98 Å². The molecule has 6 rings (SSSR count). The van der Waals surface area contributed by atoms with Crippen LogP contribution in [0.2, 0.25) is 13.1 Å². The van der Waals surface area contributed by atoms with Crippen LogP contribution in [-0.4, -0.2) is 23.9 Å². The van der Waals surface area contributed by atoms with Gasteiger partial charge in [0.15, 0.2) is 5.78 Å². The predicted molar refractivity (Wildman–Crippen MR) is 185 cm³/mol. The Bertz CT molecular complexity index is 1740. The predicted octanol–water partition coefficient (Wildman–Crippen LogP) is 9.62. The van der Waals surface area contributed by atoms with Crippen molar-refractivity contribution < 1.29 is 30.0 Å². The molecular formula is C38H44IrNO2SSi-. The van der Waals surface area contributed by atoms with Crippen LogP contribution in [0, 0.1) is 16.9 Å². The molecular weight excluding hydrogens is 755 g/mol. The van der Waals surface area contributed by atoms with Gasteiger partial charge in [-0.05, 0) is 48.1 Å². The number of fused-ring (bicyclic) bond motifs is 4. The Morgan fingerprint density at radius 2 is 1.55 bits per heavy atom. The number of benzene rings is 3. The smallest absolute Gasteiger partial charge is 0.164 e. The van der Waals surface area contributed by atoms with Crippen LogP contribution in [0.5, 0.6) is 0 Å². The summed E-state index contributed by atoms with van der Waals surface area (Å²) in [5.74, 6) is 0.286. The Morgan fingerprint density at radius 3 is 2.20 bits per heavy atom. The van der Waals surface area contributed by atoms with E-state index in [2.05, 4.69) is 73.8 Å². The van der Waals surface area contributed by atoms with Crippen molar-refractivity contribution in [1.29, 1.82) is 0 Å². The molecule has 6 heteroatoms. The van der Waals surface area contributed by atoms with Crippen molar-refractivity contribution in [2.45, 2.75) is 90.1 Å². The molecule has 44 heavy (non-hydrogen) atoms. The second kappa shape index (κ2) is 13.1. The molecule has 1 radical (unpaired) electrons. The number of carbonyl (C=O) groups is 1. The number of hydrogen-bond acceptors (Lipinski definition) is 4. The monoisotopic (exact) mass is 799 g/mol. The number of pyridine rings is 1. The summed E-state index contributed by atoms with van der Waals surface area (Å²) in [4.78, 5) is 19.7. The molecule has 1 N–H and O–H groups in total. The standard InChI is InChI=1S/C23H16NSSi.C15H28O2.Ir/c1-26(2)18-11-5-9-16-20(18)21-17(10-6-12-19(21)26)25-23-15-8-4-3-7-14(15)13-24-22(16)23;1-7-14(5,8-2)12(16)11-13(17)15(6,9-3)10-4;/h3-8,10-13H,1-2H3;11,16H,7-10H2,1-6H3;/q-1;;/b;12-11-;. The third-order valence-corrected chi connectivity index (χ3v) is 15.1. The number of aliphatic hydroxyl groups excluding tert-OH is 1. The maximum Gasteiger partial charge on any atom is 0.164 e. The Balaban J connectivity index is 0.000000218. The largest absolute Gasteiger partial charge is 0.512 e. The molecule has 0 saturated carbocycles. The molecule has 0 aliphatic carbocycles. The molecule has 0 spiro atoms. The topological polar surface area (TPSA) is 50.2 Å². The molecule has 2 aliphatic heterocycles. The van der Waals surface area contributed by atoms with E-state index >= 15 is 0 Å². The van der Waals surface area contributed by atoms with Gasteiger partial charge in [0.1, 0.15) is 5.76 Å². The van der Waals surface area contributed by atoms with Gasteiger partial charge in [0.05, 0.1) is 8.07 Å². The minimum atomic E-state index is -1.66. The van der Waals surface area contributed by atoms with Gasteiger partial charge in [-0.1, -0.05) is 114 Å². The Morgan fingerprint density at radius 1 is 0.909 bits per heavy atom. The number of rotatable bonds is 7. The molecule has 0 atom stereocenters. The van der Waals surface area contributed by atoms with Gasteiger partial charge in [0.25, 0.3) is 0 Å². The van der Waals surface area contributed by atoms with Crippen LogP contribution < -0.4 is 10.4 Å². The van der Waals surface area contributed by atoms with Crippen molar-refractivity contribution in [3.05, 3.63) is 78.7 Å². The first-order valence-electron chi connectivity index (χ1n) is 15.7. The zero-order chi connectivity index (χ0) is 31.2. The van der Waals surface area contributed by atoms with Gasteiger partial charge < -0.3 is 10.1 Å². The van der Waals surface area contributed by atoms with Gasteiger partial charge in [-0.25, -0.2) is 0 Å². The van der Waals surface area contributed by atoms with Gasteiger partial charge in [0.2, 0.25) is 0 Å². The molecule has 0 fully saturated rings. The fraction of sp³-hybridized carbons (Fsp3) is 0.368. The summed E-state index contributed by atoms with van der Waals surface area (Å²) in [6.45, 7) is 17.0. The summed E-state index contributed by atoms with van der Waals surface area (Å²) >= 11 is 1.88. The summed E-state index contributed by atoms with van der Waals surface area (Å²) in [6, 6.07) is 23.4. The molecule has 2 aliphatic rings. The third kappa shape index (κ3) is 5.68. The van der Waals surface area contributed by atoms with Crippen LogP contribution in [0.25, 0.3) is 33.2 Å². The number of ketones is 1. The van der Waals surface area contributed by atoms with Crippen molar-refractivity contribution >= 4 is 46.8 Å². The van der Waals surface area contributed by atoms with Gasteiger partial charge in [-0.15, -0.1) is 28.9 Å². The van der Waals surface area contributed by atoms with Gasteiger partial charge in [-0.3, -0.25) is 4.79 Å². The van der Waals surface area contributed by atoms with E-state index < -0.39 is 8.07 Å². The first-order chi connectivity index (χ1) is 20.5. The van der Waals surface area contributed by atoms with Crippen LogP contribution in [0.4, 0.5) is 0 Å².